The maximum atomic E-state index is 12.3. The van der Waals surface area contributed by atoms with Crippen LogP contribution in [0.2, 0.25) is 0 Å². The van der Waals surface area contributed by atoms with E-state index < -0.39 is 11.8 Å². The fourth-order valence-electron chi connectivity index (χ4n) is 3.57. The van der Waals surface area contributed by atoms with Crippen LogP contribution in [0.15, 0.2) is 48.5 Å². The molecular weight excluding hydrogens is 406 g/mol. The molecule has 0 aliphatic heterocycles. The monoisotopic (exact) mass is 437 g/mol. The van der Waals surface area contributed by atoms with E-state index in [1.807, 2.05) is 13.8 Å². The first kappa shape index (κ1) is 23.3. The summed E-state index contributed by atoms with van der Waals surface area (Å²) in [7, 11) is 0. The minimum atomic E-state index is -0.444. The molecule has 7 heteroatoms. The van der Waals surface area contributed by atoms with Crippen LogP contribution in [0.4, 0.5) is 5.69 Å². The van der Waals surface area contributed by atoms with Gasteiger partial charge in [-0.2, -0.15) is 0 Å². The molecule has 0 aromatic heterocycles. The first-order chi connectivity index (χ1) is 15.5. The van der Waals surface area contributed by atoms with Crippen LogP contribution in [-0.2, 0) is 4.79 Å². The molecule has 2 aromatic carbocycles. The molecule has 2 aromatic rings. The molecule has 0 spiro atoms. The van der Waals surface area contributed by atoms with Gasteiger partial charge in [0, 0.05) is 22.7 Å². The third-order valence-corrected chi connectivity index (χ3v) is 5.71. The summed E-state index contributed by atoms with van der Waals surface area (Å²) >= 11 is 0. The second-order valence-electron chi connectivity index (χ2n) is 8.17. The summed E-state index contributed by atoms with van der Waals surface area (Å²) in [5.74, 6) is -0.0759. The fraction of sp³-hybridized carbons (Fsp3) is 0.400. The minimum absolute atomic E-state index is 0.0368. The Hall–Kier alpha value is -3.35. The number of amides is 3. The zero-order valence-corrected chi connectivity index (χ0v) is 18.6. The Morgan fingerprint density at radius 2 is 1.41 bits per heavy atom. The fourth-order valence-corrected chi connectivity index (χ4v) is 3.57. The van der Waals surface area contributed by atoms with E-state index in [4.69, 9.17) is 4.74 Å². The highest BCUT2D eigenvalue weighted by Gasteiger charge is 2.21. The van der Waals surface area contributed by atoms with Gasteiger partial charge < -0.3 is 10.1 Å². The number of nitrogens with one attached hydrogen (secondary N) is 3. The largest absolute Gasteiger partial charge is 0.491 e. The van der Waals surface area contributed by atoms with Gasteiger partial charge in [-0.1, -0.05) is 26.2 Å². The number of rotatable bonds is 7. The average Bonchev–Trinajstić information content (AvgIpc) is 2.83. The summed E-state index contributed by atoms with van der Waals surface area (Å²) in [5.41, 5.74) is 6.25. The Morgan fingerprint density at radius 1 is 0.875 bits per heavy atom. The SMILES string of the molecule is CCC(C)Oc1ccc(C(=O)NNC(=O)c2ccc(NC(=O)C3CCCCC3)cc2)cc1. The summed E-state index contributed by atoms with van der Waals surface area (Å²) in [5, 5.41) is 2.92. The van der Waals surface area contributed by atoms with Crippen LogP contribution in [0.3, 0.4) is 0 Å². The number of benzene rings is 2. The van der Waals surface area contributed by atoms with Crippen molar-refractivity contribution in [3.05, 3.63) is 59.7 Å². The molecule has 0 heterocycles. The standard InChI is InChI=1S/C25H31N3O4/c1-3-17(2)32-22-15-11-20(12-16-22)25(31)28-27-24(30)19-9-13-21(14-10-19)26-23(29)18-7-5-4-6-8-18/h9-18H,3-8H2,1-2H3,(H,26,29)(H,27,30)(H,28,31). The summed E-state index contributed by atoms with van der Waals surface area (Å²) in [6, 6.07) is 13.3. The lowest BCUT2D eigenvalue weighted by Gasteiger charge is -2.20. The summed E-state index contributed by atoms with van der Waals surface area (Å²) in [4.78, 5) is 37.0. The topological polar surface area (TPSA) is 96.5 Å². The van der Waals surface area contributed by atoms with E-state index in [1.54, 1.807) is 48.5 Å². The molecule has 1 atom stereocenters. The summed E-state index contributed by atoms with van der Waals surface area (Å²) in [6.45, 7) is 4.02. The maximum absolute atomic E-state index is 12.3. The number of carbonyl (C=O) groups is 3. The van der Waals surface area contributed by atoms with Crippen LogP contribution < -0.4 is 20.9 Å². The highest BCUT2D eigenvalue weighted by Crippen LogP contribution is 2.25. The van der Waals surface area contributed by atoms with Crippen LogP contribution in [0.5, 0.6) is 5.75 Å². The van der Waals surface area contributed by atoms with Crippen LogP contribution in [0.1, 0.15) is 73.1 Å². The van der Waals surface area contributed by atoms with Gasteiger partial charge in [-0.05, 0) is 74.7 Å². The number of hydrazine groups is 1. The van der Waals surface area contributed by atoms with Gasteiger partial charge in [0.2, 0.25) is 5.91 Å². The molecular formula is C25H31N3O4. The van der Waals surface area contributed by atoms with Crippen molar-refractivity contribution >= 4 is 23.4 Å². The van der Waals surface area contributed by atoms with Gasteiger partial charge in [-0.15, -0.1) is 0 Å². The molecule has 3 rings (SSSR count). The summed E-state index contributed by atoms with van der Waals surface area (Å²) < 4.78 is 5.69. The molecule has 3 amide bonds. The maximum Gasteiger partial charge on any atom is 0.269 e. The summed E-state index contributed by atoms with van der Waals surface area (Å²) in [6.07, 6.45) is 6.24. The Morgan fingerprint density at radius 3 is 1.94 bits per heavy atom. The smallest absolute Gasteiger partial charge is 0.269 e. The van der Waals surface area contributed by atoms with Crippen molar-refractivity contribution in [2.75, 3.05) is 5.32 Å². The molecule has 1 aliphatic rings. The molecule has 170 valence electrons. The van der Waals surface area contributed by atoms with Crippen LogP contribution in [0, 0.1) is 5.92 Å². The van der Waals surface area contributed by atoms with Crippen molar-refractivity contribution in [2.24, 2.45) is 5.92 Å². The minimum Gasteiger partial charge on any atom is -0.491 e. The molecule has 1 unspecified atom stereocenters. The molecule has 0 saturated heterocycles. The highest BCUT2D eigenvalue weighted by atomic mass is 16.5. The molecule has 0 bridgehead atoms. The Labute approximate surface area is 188 Å². The first-order valence-electron chi connectivity index (χ1n) is 11.2. The average molecular weight is 438 g/mol. The second-order valence-corrected chi connectivity index (χ2v) is 8.17. The first-order valence-corrected chi connectivity index (χ1v) is 11.2. The van der Waals surface area contributed by atoms with Crippen molar-refractivity contribution in [3.8, 4) is 5.75 Å². The van der Waals surface area contributed by atoms with Crippen molar-refractivity contribution in [3.63, 3.8) is 0 Å². The lowest BCUT2D eigenvalue weighted by atomic mass is 9.88. The second kappa shape index (κ2) is 11.3. The lowest BCUT2D eigenvalue weighted by Crippen LogP contribution is -2.41. The van der Waals surface area contributed by atoms with Gasteiger partial charge in [0.25, 0.3) is 11.8 Å². The molecule has 0 radical (unpaired) electrons. The van der Waals surface area contributed by atoms with Crippen molar-refractivity contribution < 1.29 is 19.1 Å². The molecule has 1 fully saturated rings. The van der Waals surface area contributed by atoms with E-state index in [0.717, 1.165) is 32.1 Å². The zero-order valence-electron chi connectivity index (χ0n) is 18.6. The number of carbonyl (C=O) groups excluding carboxylic acids is 3. The third kappa shape index (κ3) is 6.57. The van der Waals surface area contributed by atoms with Gasteiger partial charge in [0.05, 0.1) is 6.10 Å². The van der Waals surface area contributed by atoms with E-state index in [9.17, 15) is 14.4 Å². The normalized spacial score (nSPS) is 14.8. The zero-order chi connectivity index (χ0) is 22.9. The van der Waals surface area contributed by atoms with Crippen molar-refractivity contribution in [1.82, 2.24) is 10.9 Å². The van der Waals surface area contributed by atoms with E-state index in [-0.39, 0.29) is 17.9 Å². The molecule has 1 saturated carbocycles. The lowest BCUT2D eigenvalue weighted by molar-refractivity contribution is -0.120. The van der Waals surface area contributed by atoms with Crippen molar-refractivity contribution in [1.29, 1.82) is 0 Å². The van der Waals surface area contributed by atoms with Crippen LogP contribution >= 0.6 is 0 Å². The quantitative estimate of drug-likeness (QED) is 0.557. The predicted molar refractivity (Wildman–Crippen MR) is 123 cm³/mol. The van der Waals surface area contributed by atoms with E-state index in [2.05, 4.69) is 16.2 Å². The predicted octanol–water partition coefficient (Wildman–Crippen LogP) is 4.46. The van der Waals surface area contributed by atoms with Crippen LogP contribution in [-0.4, -0.2) is 23.8 Å². The van der Waals surface area contributed by atoms with Gasteiger partial charge in [-0.3, -0.25) is 25.2 Å². The van der Waals surface area contributed by atoms with E-state index >= 15 is 0 Å². The van der Waals surface area contributed by atoms with Gasteiger partial charge in [-0.25, -0.2) is 0 Å². The van der Waals surface area contributed by atoms with Gasteiger partial charge in [0.15, 0.2) is 0 Å². The van der Waals surface area contributed by atoms with Crippen molar-refractivity contribution in [2.45, 2.75) is 58.5 Å². The number of ether oxygens (including phenoxy) is 1. The highest BCUT2D eigenvalue weighted by molar-refractivity contribution is 5.99. The number of hydrogen-bond donors (Lipinski definition) is 3. The Kier molecular flexibility index (Phi) is 8.25. The Balaban J connectivity index is 1.48. The van der Waals surface area contributed by atoms with E-state index in [1.165, 1.54) is 6.42 Å². The molecule has 32 heavy (non-hydrogen) atoms. The van der Waals surface area contributed by atoms with Crippen LogP contribution in [0.25, 0.3) is 0 Å². The van der Waals surface area contributed by atoms with Gasteiger partial charge >= 0.3 is 0 Å². The number of hydrogen-bond acceptors (Lipinski definition) is 4. The molecule has 3 N–H and O–H groups in total. The third-order valence-electron chi connectivity index (χ3n) is 5.71. The Bertz CT molecular complexity index is 919. The van der Waals surface area contributed by atoms with Gasteiger partial charge in [0.1, 0.15) is 5.75 Å². The number of anilines is 1. The van der Waals surface area contributed by atoms with E-state index in [0.29, 0.717) is 22.6 Å². The molecule has 7 nitrogen and oxygen atoms in total. The molecule has 1 aliphatic carbocycles.